The highest BCUT2D eigenvalue weighted by atomic mass is 35.5. The van der Waals surface area contributed by atoms with Crippen molar-refractivity contribution < 1.29 is 0 Å². The van der Waals surface area contributed by atoms with E-state index >= 15 is 0 Å². The maximum Gasteiger partial charge on any atom is 0.0436 e. The molecule has 0 aliphatic rings. The summed E-state index contributed by atoms with van der Waals surface area (Å²) in [6.45, 7) is 6.49. The Balaban J connectivity index is 3.97. The lowest BCUT2D eigenvalue weighted by Gasteiger charge is -2.13. The lowest BCUT2D eigenvalue weighted by molar-refractivity contribution is 0.572. The maximum absolute atomic E-state index is 5.75. The first kappa shape index (κ1) is 10.0. The van der Waals surface area contributed by atoms with Crippen LogP contribution in [0.4, 0.5) is 0 Å². The summed E-state index contributed by atoms with van der Waals surface area (Å²) in [5.74, 6) is 1.41. The Kier molecular flexibility index (Phi) is 5.81. The van der Waals surface area contributed by atoms with E-state index in [0.29, 0.717) is 11.8 Å². The van der Waals surface area contributed by atoms with Crippen LogP contribution < -0.4 is 0 Å². The molecule has 0 saturated carbocycles. The van der Waals surface area contributed by atoms with Crippen molar-refractivity contribution in [2.75, 3.05) is 5.88 Å². The fourth-order valence-corrected chi connectivity index (χ4v) is 1.61. The molecular weight excluding hydrogens is 144 g/mol. The van der Waals surface area contributed by atoms with Crippen molar-refractivity contribution in [3.63, 3.8) is 0 Å². The van der Waals surface area contributed by atoms with E-state index in [0.717, 1.165) is 0 Å². The molecule has 0 aliphatic carbocycles. The summed E-state index contributed by atoms with van der Waals surface area (Å²) >= 11 is 5.75. The normalized spacial score (nSPS) is 12.7. The molecule has 0 heterocycles. The van der Waals surface area contributed by atoms with Gasteiger partial charge in [-0.05, 0) is 25.7 Å². The molecule has 0 spiro atoms. The third-order valence-electron chi connectivity index (χ3n) is 2.04. The topological polar surface area (TPSA) is 0 Å². The number of hydrogen-bond acceptors (Lipinski definition) is 0. The Labute approximate surface area is 69.3 Å². The third kappa shape index (κ3) is 2.74. The van der Waals surface area contributed by atoms with E-state index in [1.807, 2.05) is 0 Å². The molecule has 0 aromatic carbocycles. The molecule has 0 atom stereocenters. The second-order valence-electron chi connectivity index (χ2n) is 2.51. The maximum atomic E-state index is 5.75. The molecule has 0 unspecified atom stereocenters. The SMILES string of the molecule is C/C=C(/CCl)C(CC)CC. The Morgan fingerprint density at radius 3 is 2.00 bits per heavy atom. The van der Waals surface area contributed by atoms with Crippen LogP contribution in [0.15, 0.2) is 11.6 Å². The minimum atomic E-state index is 0.697. The molecule has 60 valence electrons. The standard InChI is InChI=1S/C9H17Cl/c1-4-8(5-2)9(6-3)7-10/h6,8H,4-5,7H2,1-3H3/b9-6-. The van der Waals surface area contributed by atoms with Gasteiger partial charge in [-0.1, -0.05) is 25.5 Å². The third-order valence-corrected chi connectivity index (χ3v) is 2.34. The largest absolute Gasteiger partial charge is 0.122 e. The van der Waals surface area contributed by atoms with Crippen molar-refractivity contribution in [3.05, 3.63) is 11.6 Å². The molecule has 0 amide bonds. The molecular formula is C9H17Cl. The van der Waals surface area contributed by atoms with Gasteiger partial charge in [0.2, 0.25) is 0 Å². The highest BCUT2D eigenvalue weighted by Crippen LogP contribution is 2.19. The fraction of sp³-hybridized carbons (Fsp3) is 0.778. The predicted octanol–water partition coefficient (Wildman–Crippen LogP) is 3.61. The minimum absolute atomic E-state index is 0.697. The lowest BCUT2D eigenvalue weighted by atomic mass is 9.95. The van der Waals surface area contributed by atoms with E-state index in [1.165, 1.54) is 18.4 Å². The van der Waals surface area contributed by atoms with Crippen molar-refractivity contribution in [1.82, 2.24) is 0 Å². The van der Waals surface area contributed by atoms with Crippen LogP contribution in [-0.2, 0) is 0 Å². The Hall–Kier alpha value is 0.0300. The molecule has 0 radical (unpaired) electrons. The van der Waals surface area contributed by atoms with Gasteiger partial charge in [-0.25, -0.2) is 0 Å². The summed E-state index contributed by atoms with van der Waals surface area (Å²) in [6.07, 6.45) is 4.57. The van der Waals surface area contributed by atoms with Gasteiger partial charge in [-0.15, -0.1) is 11.6 Å². The van der Waals surface area contributed by atoms with Crippen LogP contribution in [0, 0.1) is 5.92 Å². The number of halogens is 1. The first-order valence-electron chi connectivity index (χ1n) is 4.01. The van der Waals surface area contributed by atoms with E-state index in [-0.39, 0.29) is 0 Å². The van der Waals surface area contributed by atoms with E-state index in [4.69, 9.17) is 11.6 Å². The highest BCUT2D eigenvalue weighted by Gasteiger charge is 2.06. The van der Waals surface area contributed by atoms with E-state index < -0.39 is 0 Å². The molecule has 10 heavy (non-hydrogen) atoms. The second-order valence-corrected chi connectivity index (χ2v) is 2.78. The van der Waals surface area contributed by atoms with Gasteiger partial charge in [-0.2, -0.15) is 0 Å². The molecule has 0 N–H and O–H groups in total. The summed E-state index contributed by atoms with van der Waals surface area (Å²) in [5, 5.41) is 0. The quantitative estimate of drug-likeness (QED) is 0.436. The van der Waals surface area contributed by atoms with Crippen molar-refractivity contribution in [2.45, 2.75) is 33.6 Å². The molecule has 1 heteroatoms. The fourth-order valence-electron chi connectivity index (χ4n) is 1.24. The van der Waals surface area contributed by atoms with Crippen molar-refractivity contribution in [2.24, 2.45) is 5.92 Å². The van der Waals surface area contributed by atoms with E-state index in [1.54, 1.807) is 0 Å². The molecule has 0 nitrogen and oxygen atoms in total. The Bertz CT molecular complexity index is 101. The van der Waals surface area contributed by atoms with Gasteiger partial charge >= 0.3 is 0 Å². The van der Waals surface area contributed by atoms with Gasteiger partial charge in [0, 0.05) is 5.88 Å². The lowest BCUT2D eigenvalue weighted by Crippen LogP contribution is -2.02. The van der Waals surface area contributed by atoms with Gasteiger partial charge in [0.05, 0.1) is 0 Å². The summed E-state index contributed by atoms with van der Waals surface area (Å²) in [6, 6.07) is 0. The van der Waals surface area contributed by atoms with Crippen LogP contribution in [-0.4, -0.2) is 5.88 Å². The number of allylic oxidation sites excluding steroid dienone is 2. The van der Waals surface area contributed by atoms with Crippen LogP contribution >= 0.6 is 11.6 Å². The zero-order valence-corrected chi connectivity index (χ0v) is 7.91. The molecule has 0 aromatic rings. The summed E-state index contributed by atoms with van der Waals surface area (Å²) in [5.41, 5.74) is 1.40. The predicted molar refractivity (Wildman–Crippen MR) is 48.5 cm³/mol. The Morgan fingerprint density at radius 1 is 1.40 bits per heavy atom. The molecule has 0 fully saturated rings. The van der Waals surface area contributed by atoms with Crippen molar-refractivity contribution in [3.8, 4) is 0 Å². The van der Waals surface area contributed by atoms with Crippen LogP contribution in [0.2, 0.25) is 0 Å². The average molecular weight is 161 g/mol. The average Bonchev–Trinajstić information content (AvgIpc) is 2.00. The summed E-state index contributed by atoms with van der Waals surface area (Å²) in [7, 11) is 0. The van der Waals surface area contributed by atoms with E-state index in [2.05, 4.69) is 26.8 Å². The van der Waals surface area contributed by atoms with Gasteiger partial charge < -0.3 is 0 Å². The van der Waals surface area contributed by atoms with Crippen molar-refractivity contribution >= 4 is 11.6 Å². The van der Waals surface area contributed by atoms with Gasteiger partial charge in [-0.3, -0.25) is 0 Å². The van der Waals surface area contributed by atoms with Crippen LogP contribution in [0.1, 0.15) is 33.6 Å². The molecule has 0 rings (SSSR count). The van der Waals surface area contributed by atoms with Crippen LogP contribution in [0.5, 0.6) is 0 Å². The summed E-state index contributed by atoms with van der Waals surface area (Å²) in [4.78, 5) is 0. The smallest absolute Gasteiger partial charge is 0.0436 e. The zero-order chi connectivity index (χ0) is 7.98. The highest BCUT2D eigenvalue weighted by molar-refractivity contribution is 6.19. The number of rotatable bonds is 4. The minimum Gasteiger partial charge on any atom is -0.122 e. The van der Waals surface area contributed by atoms with Gasteiger partial charge in [0.15, 0.2) is 0 Å². The molecule has 0 saturated heterocycles. The number of alkyl halides is 1. The number of hydrogen-bond donors (Lipinski definition) is 0. The van der Waals surface area contributed by atoms with E-state index in [9.17, 15) is 0 Å². The molecule has 0 aliphatic heterocycles. The van der Waals surface area contributed by atoms with Gasteiger partial charge in [0.25, 0.3) is 0 Å². The Morgan fingerprint density at radius 2 is 1.90 bits per heavy atom. The first-order valence-corrected chi connectivity index (χ1v) is 4.54. The zero-order valence-electron chi connectivity index (χ0n) is 7.15. The second kappa shape index (κ2) is 5.79. The van der Waals surface area contributed by atoms with Crippen LogP contribution in [0.3, 0.4) is 0 Å². The molecule has 0 bridgehead atoms. The monoisotopic (exact) mass is 160 g/mol. The molecule has 0 aromatic heterocycles. The van der Waals surface area contributed by atoms with Gasteiger partial charge in [0.1, 0.15) is 0 Å². The van der Waals surface area contributed by atoms with Crippen molar-refractivity contribution in [1.29, 1.82) is 0 Å². The van der Waals surface area contributed by atoms with Crippen LogP contribution in [0.25, 0.3) is 0 Å². The summed E-state index contributed by atoms with van der Waals surface area (Å²) < 4.78 is 0. The first-order chi connectivity index (χ1) is 4.79.